The maximum Gasteiger partial charge on any atom is 0.387 e. The number of hydrogen-bond acceptors (Lipinski definition) is 4. The van der Waals surface area contributed by atoms with Gasteiger partial charge in [-0.15, -0.1) is 0 Å². The number of alkyl halides is 2. The maximum absolute atomic E-state index is 12.0. The summed E-state index contributed by atoms with van der Waals surface area (Å²) in [7, 11) is 0. The minimum atomic E-state index is -2.83. The molecule has 0 aliphatic carbocycles. The molecule has 1 aromatic heterocycles. The SMILES string of the molecule is CCCC(CCO)CNc1ccc(OC(F)F)cn1. The van der Waals surface area contributed by atoms with E-state index in [2.05, 4.69) is 22.0 Å². The molecule has 2 N–H and O–H groups in total. The second kappa shape index (κ2) is 8.63. The largest absolute Gasteiger partial charge is 0.433 e. The highest BCUT2D eigenvalue weighted by molar-refractivity contribution is 5.37. The predicted octanol–water partition coefficient (Wildman–Crippen LogP) is 2.89. The van der Waals surface area contributed by atoms with Gasteiger partial charge in [-0.2, -0.15) is 8.78 Å². The Labute approximate surface area is 111 Å². The molecule has 6 heteroatoms. The van der Waals surface area contributed by atoms with Gasteiger partial charge < -0.3 is 15.2 Å². The van der Waals surface area contributed by atoms with Gasteiger partial charge in [0, 0.05) is 13.2 Å². The molecule has 0 fully saturated rings. The first kappa shape index (κ1) is 15.6. The van der Waals surface area contributed by atoms with Crippen molar-refractivity contribution >= 4 is 5.82 Å². The Bertz CT molecular complexity index is 341. The first-order valence-electron chi connectivity index (χ1n) is 6.41. The maximum atomic E-state index is 12.0. The van der Waals surface area contributed by atoms with Crippen molar-refractivity contribution in [2.75, 3.05) is 18.5 Å². The number of nitrogens with one attached hydrogen (secondary N) is 1. The minimum absolute atomic E-state index is 0.0426. The monoisotopic (exact) mass is 274 g/mol. The number of ether oxygens (including phenoxy) is 1. The van der Waals surface area contributed by atoms with Gasteiger partial charge >= 0.3 is 6.61 Å². The quantitative estimate of drug-likeness (QED) is 0.727. The molecule has 0 radical (unpaired) electrons. The number of aromatic nitrogens is 1. The summed E-state index contributed by atoms with van der Waals surface area (Å²) in [6.07, 6.45) is 4.09. The summed E-state index contributed by atoms with van der Waals surface area (Å²) in [5.41, 5.74) is 0. The summed E-state index contributed by atoms with van der Waals surface area (Å²) in [6.45, 7) is 0.135. The molecule has 0 aliphatic rings. The van der Waals surface area contributed by atoms with E-state index in [0.717, 1.165) is 19.3 Å². The van der Waals surface area contributed by atoms with Crippen LogP contribution in [0.4, 0.5) is 14.6 Å². The van der Waals surface area contributed by atoms with E-state index in [-0.39, 0.29) is 12.4 Å². The third-order valence-corrected chi connectivity index (χ3v) is 2.77. The van der Waals surface area contributed by atoms with E-state index in [9.17, 15) is 8.78 Å². The van der Waals surface area contributed by atoms with Crippen LogP contribution in [-0.4, -0.2) is 29.9 Å². The molecular formula is C13H20F2N2O2. The topological polar surface area (TPSA) is 54.4 Å². The number of rotatable bonds is 9. The van der Waals surface area contributed by atoms with Gasteiger partial charge in [0.15, 0.2) is 0 Å². The molecule has 0 aromatic carbocycles. The van der Waals surface area contributed by atoms with Crippen molar-refractivity contribution in [3.8, 4) is 5.75 Å². The average molecular weight is 274 g/mol. The van der Waals surface area contributed by atoms with Crippen LogP contribution < -0.4 is 10.1 Å². The fraction of sp³-hybridized carbons (Fsp3) is 0.615. The smallest absolute Gasteiger partial charge is 0.387 e. The van der Waals surface area contributed by atoms with Gasteiger partial charge in [0.05, 0.1) is 6.20 Å². The summed E-state index contributed by atoms with van der Waals surface area (Å²) in [4.78, 5) is 3.99. The Kier molecular flexibility index (Phi) is 7.10. The van der Waals surface area contributed by atoms with Crippen molar-refractivity contribution in [1.29, 1.82) is 0 Å². The molecule has 0 saturated carbocycles. The van der Waals surface area contributed by atoms with Gasteiger partial charge in [-0.05, 0) is 30.9 Å². The molecule has 1 atom stereocenters. The summed E-state index contributed by atoms with van der Waals surface area (Å²) in [5.74, 6) is 1.04. The molecule has 0 amide bonds. The fourth-order valence-electron chi connectivity index (χ4n) is 1.85. The van der Waals surface area contributed by atoms with Gasteiger partial charge in [-0.25, -0.2) is 4.98 Å². The van der Waals surface area contributed by atoms with Gasteiger partial charge in [0.1, 0.15) is 11.6 Å². The van der Waals surface area contributed by atoms with Crippen molar-refractivity contribution in [3.05, 3.63) is 18.3 Å². The van der Waals surface area contributed by atoms with Crippen LogP contribution in [-0.2, 0) is 0 Å². The number of pyridine rings is 1. The van der Waals surface area contributed by atoms with E-state index in [1.165, 1.54) is 12.3 Å². The molecular weight excluding hydrogens is 254 g/mol. The van der Waals surface area contributed by atoms with Crippen molar-refractivity contribution in [2.45, 2.75) is 32.8 Å². The number of halogens is 2. The fourth-order valence-corrected chi connectivity index (χ4v) is 1.85. The van der Waals surface area contributed by atoms with Crippen LogP contribution in [0.15, 0.2) is 18.3 Å². The summed E-state index contributed by atoms with van der Waals surface area (Å²) in [5, 5.41) is 12.1. The third-order valence-electron chi connectivity index (χ3n) is 2.77. The molecule has 1 heterocycles. The van der Waals surface area contributed by atoms with Gasteiger partial charge in [0.25, 0.3) is 0 Å². The molecule has 108 valence electrons. The molecule has 1 unspecified atom stereocenters. The van der Waals surface area contributed by atoms with Gasteiger partial charge in [-0.3, -0.25) is 0 Å². The summed E-state index contributed by atoms with van der Waals surface area (Å²) >= 11 is 0. The van der Waals surface area contributed by atoms with Crippen LogP contribution in [0.5, 0.6) is 5.75 Å². The van der Waals surface area contributed by atoms with Crippen LogP contribution in [0.3, 0.4) is 0 Å². The Morgan fingerprint density at radius 3 is 2.68 bits per heavy atom. The van der Waals surface area contributed by atoms with Crippen molar-refractivity contribution < 1.29 is 18.6 Å². The second-order valence-electron chi connectivity index (χ2n) is 4.31. The number of aliphatic hydroxyl groups is 1. The zero-order valence-electron chi connectivity index (χ0n) is 11.0. The molecule has 0 aliphatic heterocycles. The number of aliphatic hydroxyl groups excluding tert-OH is 1. The highest BCUT2D eigenvalue weighted by Gasteiger charge is 2.08. The molecule has 0 bridgehead atoms. The van der Waals surface area contributed by atoms with E-state index in [1.54, 1.807) is 6.07 Å². The van der Waals surface area contributed by atoms with E-state index in [0.29, 0.717) is 18.3 Å². The van der Waals surface area contributed by atoms with Crippen LogP contribution in [0.25, 0.3) is 0 Å². The lowest BCUT2D eigenvalue weighted by molar-refractivity contribution is -0.0500. The highest BCUT2D eigenvalue weighted by atomic mass is 19.3. The van der Waals surface area contributed by atoms with E-state index < -0.39 is 6.61 Å². The van der Waals surface area contributed by atoms with Crippen LogP contribution >= 0.6 is 0 Å². The standard InChI is InChI=1S/C13H20F2N2O2/c1-2-3-10(6-7-18)8-16-12-5-4-11(9-17-12)19-13(14)15/h4-5,9-10,13,18H,2-3,6-8H2,1H3,(H,16,17). The molecule has 1 rings (SSSR count). The third kappa shape index (κ3) is 6.33. The van der Waals surface area contributed by atoms with Crippen molar-refractivity contribution in [2.24, 2.45) is 5.92 Å². The summed E-state index contributed by atoms with van der Waals surface area (Å²) < 4.78 is 28.1. The molecule has 4 nitrogen and oxygen atoms in total. The normalized spacial score (nSPS) is 12.5. The lowest BCUT2D eigenvalue weighted by Gasteiger charge is -2.16. The van der Waals surface area contributed by atoms with Gasteiger partial charge in [-0.1, -0.05) is 13.3 Å². The second-order valence-corrected chi connectivity index (χ2v) is 4.31. The summed E-state index contributed by atoms with van der Waals surface area (Å²) in [6, 6.07) is 3.04. The van der Waals surface area contributed by atoms with Crippen molar-refractivity contribution in [3.63, 3.8) is 0 Å². The molecule has 0 spiro atoms. The Morgan fingerprint density at radius 2 is 2.16 bits per heavy atom. The zero-order chi connectivity index (χ0) is 14.1. The number of nitrogens with zero attached hydrogens (tertiary/aromatic N) is 1. The molecule has 19 heavy (non-hydrogen) atoms. The molecule has 1 aromatic rings. The molecule has 0 saturated heterocycles. The number of hydrogen-bond donors (Lipinski definition) is 2. The van der Waals surface area contributed by atoms with Crippen molar-refractivity contribution in [1.82, 2.24) is 4.98 Å². The highest BCUT2D eigenvalue weighted by Crippen LogP contribution is 2.16. The first-order valence-corrected chi connectivity index (χ1v) is 6.41. The lowest BCUT2D eigenvalue weighted by atomic mass is 10.0. The zero-order valence-corrected chi connectivity index (χ0v) is 11.0. The minimum Gasteiger partial charge on any atom is -0.433 e. The van der Waals surface area contributed by atoms with Gasteiger partial charge in [0.2, 0.25) is 0 Å². The number of anilines is 1. The van der Waals surface area contributed by atoms with E-state index in [1.807, 2.05) is 0 Å². The van der Waals surface area contributed by atoms with Crippen LogP contribution in [0.2, 0.25) is 0 Å². The Morgan fingerprint density at radius 1 is 1.37 bits per heavy atom. The lowest BCUT2D eigenvalue weighted by Crippen LogP contribution is -2.16. The van der Waals surface area contributed by atoms with Crippen LogP contribution in [0.1, 0.15) is 26.2 Å². The first-order chi connectivity index (χ1) is 9.15. The Balaban J connectivity index is 2.43. The Hall–Kier alpha value is -1.43. The predicted molar refractivity (Wildman–Crippen MR) is 69.5 cm³/mol. The van der Waals surface area contributed by atoms with Crippen LogP contribution in [0, 0.1) is 5.92 Å². The average Bonchev–Trinajstić information content (AvgIpc) is 2.37. The van der Waals surface area contributed by atoms with E-state index >= 15 is 0 Å². The van der Waals surface area contributed by atoms with E-state index in [4.69, 9.17) is 5.11 Å².